The highest BCUT2D eigenvalue weighted by atomic mass is 32.1. The highest BCUT2D eigenvalue weighted by molar-refractivity contribution is 7.18. The van der Waals surface area contributed by atoms with E-state index >= 15 is 0 Å². The number of ether oxygens (including phenoxy) is 1. The maximum Gasteiger partial charge on any atom is 0.310 e. The highest BCUT2D eigenvalue weighted by Crippen LogP contribution is 2.41. The Balaban J connectivity index is 1.41. The molecule has 1 amide bonds. The standard InChI is InChI=1S/C23H21N3O3S/c24-13-15-7-1-4-10-18(15)25-21(27)14-29-23(28)17-9-3-2-8-16(17)22-26-19-11-5-6-12-20(19)30-22/h1,4-7,10-12,16-17H,2-3,8-9,14H2,(H,25,27)/t16-,17-/m1/s1. The van der Waals surface area contributed by atoms with E-state index in [-0.39, 0.29) is 24.4 Å². The SMILES string of the molecule is N#Cc1ccccc1NC(=O)COC(=O)[C@@H]1CCCC[C@H]1c1nc2ccccc2s1. The molecule has 3 aromatic rings. The molecule has 0 bridgehead atoms. The van der Waals surface area contributed by atoms with E-state index in [0.717, 1.165) is 40.9 Å². The highest BCUT2D eigenvalue weighted by Gasteiger charge is 2.35. The molecule has 6 nitrogen and oxygen atoms in total. The zero-order chi connectivity index (χ0) is 20.9. The number of amides is 1. The third kappa shape index (κ3) is 4.34. The molecule has 4 rings (SSSR count). The molecule has 0 unspecified atom stereocenters. The van der Waals surface area contributed by atoms with E-state index in [4.69, 9.17) is 15.0 Å². The molecule has 1 aliphatic rings. The number of hydrogen-bond acceptors (Lipinski definition) is 6. The third-order valence-corrected chi connectivity index (χ3v) is 6.53. The Bertz CT molecular complexity index is 1090. The van der Waals surface area contributed by atoms with Crippen molar-refractivity contribution < 1.29 is 14.3 Å². The molecule has 1 heterocycles. The number of carbonyl (C=O) groups is 2. The number of nitrogens with one attached hydrogen (secondary N) is 1. The van der Waals surface area contributed by atoms with Crippen molar-refractivity contribution in [3.8, 4) is 6.07 Å². The number of thiazole rings is 1. The van der Waals surface area contributed by atoms with Crippen molar-refractivity contribution in [3.63, 3.8) is 0 Å². The van der Waals surface area contributed by atoms with Crippen LogP contribution in [0.4, 0.5) is 5.69 Å². The number of rotatable bonds is 5. The maximum atomic E-state index is 12.8. The van der Waals surface area contributed by atoms with Gasteiger partial charge in [0.15, 0.2) is 6.61 Å². The minimum absolute atomic E-state index is 0.0195. The summed E-state index contributed by atoms with van der Waals surface area (Å²) in [5.74, 6) is -1.09. The first-order valence-electron chi connectivity index (χ1n) is 9.97. The van der Waals surface area contributed by atoms with E-state index in [0.29, 0.717) is 11.3 Å². The molecule has 2 atom stereocenters. The molecule has 1 N–H and O–H groups in total. The number of fused-ring (bicyclic) bond motifs is 1. The molecule has 30 heavy (non-hydrogen) atoms. The molecular weight excluding hydrogens is 398 g/mol. The molecule has 152 valence electrons. The Hall–Kier alpha value is -3.24. The Morgan fingerprint density at radius 1 is 1.13 bits per heavy atom. The summed E-state index contributed by atoms with van der Waals surface area (Å²) >= 11 is 1.63. The van der Waals surface area contributed by atoms with Crippen molar-refractivity contribution in [2.45, 2.75) is 31.6 Å². The van der Waals surface area contributed by atoms with Crippen LogP contribution in [-0.4, -0.2) is 23.5 Å². The second-order valence-electron chi connectivity index (χ2n) is 7.33. The van der Waals surface area contributed by atoms with E-state index in [1.165, 1.54) is 0 Å². The van der Waals surface area contributed by atoms with Crippen LogP contribution in [0, 0.1) is 17.2 Å². The monoisotopic (exact) mass is 419 g/mol. The number of para-hydroxylation sites is 2. The number of nitrogens with zero attached hydrogens (tertiary/aromatic N) is 2. The fourth-order valence-corrected chi connectivity index (χ4v) is 5.04. The van der Waals surface area contributed by atoms with Gasteiger partial charge in [-0.05, 0) is 37.1 Å². The lowest BCUT2D eigenvalue weighted by molar-refractivity contribution is -0.153. The maximum absolute atomic E-state index is 12.8. The van der Waals surface area contributed by atoms with Crippen LogP contribution in [0.3, 0.4) is 0 Å². The van der Waals surface area contributed by atoms with Crippen LogP contribution in [0.25, 0.3) is 10.2 Å². The number of aromatic nitrogens is 1. The number of nitriles is 1. The molecule has 1 aliphatic carbocycles. The average Bonchev–Trinajstić information content (AvgIpc) is 3.22. The molecule has 0 saturated heterocycles. The van der Waals surface area contributed by atoms with Gasteiger partial charge in [-0.1, -0.05) is 37.1 Å². The summed E-state index contributed by atoms with van der Waals surface area (Å²) in [5.41, 5.74) is 1.72. The van der Waals surface area contributed by atoms with Gasteiger partial charge in [-0.2, -0.15) is 5.26 Å². The topological polar surface area (TPSA) is 92.1 Å². The predicted molar refractivity (Wildman–Crippen MR) is 115 cm³/mol. The number of carbonyl (C=O) groups excluding carboxylic acids is 2. The van der Waals surface area contributed by atoms with Crippen molar-refractivity contribution >= 4 is 39.1 Å². The molecule has 2 aromatic carbocycles. The zero-order valence-corrected chi connectivity index (χ0v) is 17.2. The molecular formula is C23H21N3O3S. The van der Waals surface area contributed by atoms with E-state index in [2.05, 4.69) is 5.32 Å². The second-order valence-corrected chi connectivity index (χ2v) is 8.39. The number of anilines is 1. The van der Waals surface area contributed by atoms with Crippen molar-refractivity contribution in [2.24, 2.45) is 5.92 Å². The molecule has 0 aliphatic heterocycles. The summed E-state index contributed by atoms with van der Waals surface area (Å²) in [7, 11) is 0. The fraction of sp³-hybridized carbons (Fsp3) is 0.304. The summed E-state index contributed by atoms with van der Waals surface area (Å²) in [6, 6.07) is 16.7. The van der Waals surface area contributed by atoms with Gasteiger partial charge < -0.3 is 10.1 Å². The number of hydrogen-bond donors (Lipinski definition) is 1. The largest absolute Gasteiger partial charge is 0.455 e. The van der Waals surface area contributed by atoms with Gasteiger partial charge in [0.2, 0.25) is 0 Å². The van der Waals surface area contributed by atoms with Gasteiger partial charge in [0.1, 0.15) is 6.07 Å². The molecule has 0 radical (unpaired) electrons. The summed E-state index contributed by atoms with van der Waals surface area (Å²) < 4.78 is 6.47. The van der Waals surface area contributed by atoms with E-state index in [9.17, 15) is 9.59 Å². The second kappa shape index (κ2) is 9.06. The van der Waals surface area contributed by atoms with Gasteiger partial charge in [-0.15, -0.1) is 11.3 Å². The summed E-state index contributed by atoms with van der Waals surface area (Å²) in [4.78, 5) is 29.8. The summed E-state index contributed by atoms with van der Waals surface area (Å²) in [6.45, 7) is -0.373. The van der Waals surface area contributed by atoms with Crippen LogP contribution in [0.1, 0.15) is 42.2 Å². The van der Waals surface area contributed by atoms with Crippen LogP contribution in [0.2, 0.25) is 0 Å². The molecule has 7 heteroatoms. The average molecular weight is 420 g/mol. The summed E-state index contributed by atoms with van der Waals surface area (Å²) in [6.07, 6.45) is 3.64. The van der Waals surface area contributed by atoms with Crippen LogP contribution >= 0.6 is 11.3 Å². The lowest BCUT2D eigenvalue weighted by Gasteiger charge is -2.28. The molecule has 1 fully saturated rings. The molecule has 0 spiro atoms. The Labute approximate surface area is 178 Å². The minimum atomic E-state index is -0.460. The van der Waals surface area contributed by atoms with Gasteiger partial charge in [0.05, 0.1) is 32.4 Å². The smallest absolute Gasteiger partial charge is 0.310 e. The van der Waals surface area contributed by atoms with Crippen molar-refractivity contribution in [1.82, 2.24) is 4.98 Å². The first kappa shape index (κ1) is 20.0. The fourth-order valence-electron chi connectivity index (χ4n) is 3.88. The van der Waals surface area contributed by atoms with Gasteiger partial charge in [-0.3, -0.25) is 9.59 Å². The van der Waals surface area contributed by atoms with E-state index < -0.39 is 5.91 Å². The number of esters is 1. The van der Waals surface area contributed by atoms with Crippen LogP contribution in [-0.2, 0) is 14.3 Å². The zero-order valence-electron chi connectivity index (χ0n) is 16.3. The van der Waals surface area contributed by atoms with Crippen molar-refractivity contribution in [1.29, 1.82) is 5.26 Å². The normalized spacial score (nSPS) is 18.5. The molecule has 1 saturated carbocycles. The quantitative estimate of drug-likeness (QED) is 0.609. The van der Waals surface area contributed by atoms with Gasteiger partial charge in [-0.25, -0.2) is 4.98 Å². The molecule has 1 aromatic heterocycles. The first-order chi connectivity index (χ1) is 14.7. The Morgan fingerprint density at radius 2 is 1.90 bits per heavy atom. The van der Waals surface area contributed by atoms with Crippen molar-refractivity contribution in [2.75, 3.05) is 11.9 Å². The summed E-state index contributed by atoms with van der Waals surface area (Å²) in [5, 5.41) is 12.7. The lowest BCUT2D eigenvalue weighted by Crippen LogP contribution is -2.30. The van der Waals surface area contributed by atoms with E-state index in [1.54, 1.807) is 35.6 Å². The Kier molecular flexibility index (Phi) is 6.05. The Morgan fingerprint density at radius 3 is 2.73 bits per heavy atom. The van der Waals surface area contributed by atoms with Crippen LogP contribution in [0.15, 0.2) is 48.5 Å². The predicted octanol–water partition coefficient (Wildman–Crippen LogP) is 4.62. The first-order valence-corrected chi connectivity index (χ1v) is 10.8. The van der Waals surface area contributed by atoms with E-state index in [1.807, 2.05) is 30.3 Å². The number of benzene rings is 2. The minimum Gasteiger partial charge on any atom is -0.455 e. The van der Waals surface area contributed by atoms with Crippen LogP contribution in [0.5, 0.6) is 0 Å². The van der Waals surface area contributed by atoms with Crippen LogP contribution < -0.4 is 5.32 Å². The van der Waals surface area contributed by atoms with Gasteiger partial charge in [0, 0.05) is 5.92 Å². The van der Waals surface area contributed by atoms with Gasteiger partial charge in [0.25, 0.3) is 5.91 Å². The third-order valence-electron chi connectivity index (χ3n) is 5.36. The lowest BCUT2D eigenvalue weighted by atomic mass is 9.79. The van der Waals surface area contributed by atoms with Gasteiger partial charge >= 0.3 is 5.97 Å². The van der Waals surface area contributed by atoms with Crippen molar-refractivity contribution in [3.05, 3.63) is 59.1 Å².